The first-order valence-corrected chi connectivity index (χ1v) is 10.6. The van der Waals surface area contributed by atoms with Gasteiger partial charge >= 0.3 is 6.18 Å². The number of halogens is 3. The van der Waals surface area contributed by atoms with E-state index >= 15 is 0 Å². The number of ether oxygens (including phenoxy) is 3. The van der Waals surface area contributed by atoms with Gasteiger partial charge in [-0.1, -0.05) is 6.07 Å². The summed E-state index contributed by atoms with van der Waals surface area (Å²) in [5.74, 6) is 1.05. The van der Waals surface area contributed by atoms with Crippen molar-refractivity contribution in [2.24, 2.45) is 5.73 Å². The van der Waals surface area contributed by atoms with Gasteiger partial charge in [0, 0.05) is 23.7 Å². The first kappa shape index (κ1) is 24.4. The molecule has 2 aromatic carbocycles. The zero-order valence-corrected chi connectivity index (χ0v) is 19.0. The van der Waals surface area contributed by atoms with Gasteiger partial charge in [0.25, 0.3) is 0 Å². The molecule has 6 nitrogen and oxygen atoms in total. The summed E-state index contributed by atoms with van der Waals surface area (Å²) in [6, 6.07) is 6.57. The van der Waals surface area contributed by atoms with E-state index in [0.29, 0.717) is 28.9 Å². The number of nitrogens with one attached hydrogen (secondary N) is 1. The molecule has 178 valence electrons. The summed E-state index contributed by atoms with van der Waals surface area (Å²) in [5, 5.41) is 4.74. The predicted octanol–water partition coefficient (Wildman–Crippen LogP) is 5.91. The second-order valence-corrected chi connectivity index (χ2v) is 7.76. The van der Waals surface area contributed by atoms with Gasteiger partial charge in [-0.25, -0.2) is 4.98 Å². The van der Waals surface area contributed by atoms with Gasteiger partial charge in [-0.15, -0.1) is 0 Å². The van der Waals surface area contributed by atoms with Crippen molar-refractivity contribution in [2.45, 2.75) is 38.9 Å². The van der Waals surface area contributed by atoms with Crippen molar-refractivity contribution >= 4 is 16.5 Å². The van der Waals surface area contributed by atoms with E-state index in [1.54, 1.807) is 12.3 Å². The lowest BCUT2D eigenvalue weighted by molar-refractivity contribution is -0.137. The number of nitrogens with zero attached hydrogens (tertiary/aromatic N) is 1. The van der Waals surface area contributed by atoms with Crippen molar-refractivity contribution < 1.29 is 27.4 Å². The van der Waals surface area contributed by atoms with Crippen LogP contribution in [0.3, 0.4) is 0 Å². The molecule has 0 radical (unpaired) electrons. The minimum atomic E-state index is -4.48. The van der Waals surface area contributed by atoms with Crippen LogP contribution in [0, 0.1) is 6.92 Å². The lowest BCUT2D eigenvalue weighted by atomic mass is 10.0. The van der Waals surface area contributed by atoms with Gasteiger partial charge in [0.1, 0.15) is 5.75 Å². The highest BCUT2D eigenvalue weighted by Crippen LogP contribution is 2.47. The number of hydrogen-bond donors (Lipinski definition) is 2. The molecule has 0 spiro atoms. The van der Waals surface area contributed by atoms with Crippen molar-refractivity contribution in [1.29, 1.82) is 0 Å². The minimum Gasteiger partial charge on any atom is -0.493 e. The van der Waals surface area contributed by atoms with E-state index in [1.165, 1.54) is 26.4 Å². The van der Waals surface area contributed by atoms with Crippen LogP contribution in [0.25, 0.3) is 10.8 Å². The number of rotatable bonds is 9. The molecule has 3 aromatic rings. The molecule has 33 heavy (non-hydrogen) atoms. The zero-order valence-electron chi connectivity index (χ0n) is 19.0. The fourth-order valence-corrected chi connectivity index (χ4v) is 3.66. The highest BCUT2D eigenvalue weighted by Gasteiger charge is 2.31. The third-order valence-corrected chi connectivity index (χ3v) is 5.27. The topological polar surface area (TPSA) is 78.6 Å². The summed E-state index contributed by atoms with van der Waals surface area (Å²) in [7, 11) is 2.99. The number of nitrogens with two attached hydrogens (primary N) is 1. The summed E-state index contributed by atoms with van der Waals surface area (Å²) >= 11 is 0. The number of fused-ring (bicyclic) bond motifs is 1. The largest absolute Gasteiger partial charge is 0.493 e. The van der Waals surface area contributed by atoms with Crippen LogP contribution in [0.4, 0.5) is 18.9 Å². The molecule has 0 aliphatic heterocycles. The van der Waals surface area contributed by atoms with Crippen LogP contribution < -0.4 is 25.3 Å². The summed E-state index contributed by atoms with van der Waals surface area (Å²) in [4.78, 5) is 4.38. The number of pyridine rings is 1. The molecule has 0 aliphatic carbocycles. The van der Waals surface area contributed by atoms with E-state index in [4.69, 9.17) is 19.9 Å². The van der Waals surface area contributed by atoms with E-state index in [9.17, 15) is 13.2 Å². The molecule has 9 heteroatoms. The summed E-state index contributed by atoms with van der Waals surface area (Å²) in [6.45, 7) is 4.47. The van der Waals surface area contributed by atoms with Gasteiger partial charge in [0.05, 0.1) is 30.9 Å². The normalized spacial score (nSPS) is 12.5. The number of methoxy groups -OCH3 is 2. The molecule has 0 saturated heterocycles. The summed E-state index contributed by atoms with van der Waals surface area (Å²) < 4.78 is 56.7. The molecule has 1 aromatic heterocycles. The molecule has 0 amide bonds. The SMILES string of the molecule is COc1cc(NC(C)CCCN)c2c(OC)ncc(C)c2c1Oc1cccc(C(F)(F)F)c1. The van der Waals surface area contributed by atoms with Crippen LogP contribution in [0.1, 0.15) is 30.9 Å². The number of benzene rings is 2. The standard InChI is InChI=1S/C24H28F3N3O3/c1-14-13-29-23(32-4)21-18(30-15(2)7-6-10-28)12-19(31-3)22(20(14)21)33-17-9-5-8-16(11-17)24(25,26)27/h5,8-9,11-13,15,30H,6-7,10,28H2,1-4H3. The Kier molecular flexibility index (Phi) is 7.53. The van der Waals surface area contributed by atoms with Crippen LogP contribution in [-0.2, 0) is 6.18 Å². The molecule has 0 aliphatic rings. The Hall–Kier alpha value is -3.20. The Bertz CT molecular complexity index is 1120. The summed E-state index contributed by atoms with van der Waals surface area (Å²) in [6.07, 6.45) is -1.15. The summed E-state index contributed by atoms with van der Waals surface area (Å²) in [5.41, 5.74) is 6.31. The fourth-order valence-electron chi connectivity index (χ4n) is 3.66. The third kappa shape index (κ3) is 5.42. The van der Waals surface area contributed by atoms with E-state index in [2.05, 4.69) is 10.3 Å². The zero-order chi connectivity index (χ0) is 24.2. The monoisotopic (exact) mass is 463 g/mol. The van der Waals surface area contributed by atoms with Gasteiger partial charge in [-0.05, 0) is 57.0 Å². The molecule has 3 rings (SSSR count). The number of alkyl halides is 3. The van der Waals surface area contributed by atoms with Crippen LogP contribution in [0.2, 0.25) is 0 Å². The van der Waals surface area contributed by atoms with Crippen LogP contribution in [0.5, 0.6) is 23.1 Å². The maximum absolute atomic E-state index is 13.2. The lowest BCUT2D eigenvalue weighted by Gasteiger charge is -2.22. The molecule has 0 saturated carbocycles. The fraction of sp³-hybridized carbons (Fsp3) is 0.375. The van der Waals surface area contributed by atoms with Gasteiger partial charge in [-0.3, -0.25) is 0 Å². The van der Waals surface area contributed by atoms with E-state index < -0.39 is 11.7 Å². The molecule has 1 heterocycles. The second kappa shape index (κ2) is 10.2. The lowest BCUT2D eigenvalue weighted by Crippen LogP contribution is -2.17. The molecule has 0 fully saturated rings. The van der Waals surface area contributed by atoms with Crippen molar-refractivity contribution in [1.82, 2.24) is 4.98 Å². The molecule has 3 N–H and O–H groups in total. The second-order valence-electron chi connectivity index (χ2n) is 7.76. The maximum Gasteiger partial charge on any atom is 0.416 e. The number of aryl methyl sites for hydroxylation is 1. The highest BCUT2D eigenvalue weighted by molar-refractivity contribution is 6.05. The molecule has 1 atom stereocenters. The van der Waals surface area contributed by atoms with E-state index in [-0.39, 0.29) is 17.5 Å². The van der Waals surface area contributed by atoms with Gasteiger partial charge in [0.2, 0.25) is 5.88 Å². The average molecular weight is 464 g/mol. The van der Waals surface area contributed by atoms with Gasteiger partial charge < -0.3 is 25.3 Å². The first-order chi connectivity index (χ1) is 15.7. The third-order valence-electron chi connectivity index (χ3n) is 5.27. The molecular formula is C24H28F3N3O3. The Morgan fingerprint density at radius 1 is 1.12 bits per heavy atom. The van der Waals surface area contributed by atoms with Gasteiger partial charge in [-0.2, -0.15) is 13.2 Å². The van der Waals surface area contributed by atoms with Crippen molar-refractivity contribution in [2.75, 3.05) is 26.1 Å². The van der Waals surface area contributed by atoms with Crippen molar-refractivity contribution in [3.63, 3.8) is 0 Å². The van der Waals surface area contributed by atoms with Crippen LogP contribution >= 0.6 is 0 Å². The highest BCUT2D eigenvalue weighted by atomic mass is 19.4. The predicted molar refractivity (Wildman–Crippen MR) is 122 cm³/mol. The van der Waals surface area contributed by atoms with E-state index in [0.717, 1.165) is 36.2 Å². The van der Waals surface area contributed by atoms with Gasteiger partial charge in [0.15, 0.2) is 11.5 Å². The average Bonchev–Trinajstić information content (AvgIpc) is 2.78. The Balaban J connectivity index is 2.19. The maximum atomic E-state index is 13.2. The van der Waals surface area contributed by atoms with Crippen LogP contribution in [0.15, 0.2) is 36.5 Å². The first-order valence-electron chi connectivity index (χ1n) is 10.6. The smallest absolute Gasteiger partial charge is 0.416 e. The van der Waals surface area contributed by atoms with Crippen LogP contribution in [-0.4, -0.2) is 31.8 Å². The number of anilines is 1. The Morgan fingerprint density at radius 3 is 2.52 bits per heavy atom. The quantitative estimate of drug-likeness (QED) is 0.411. The van der Waals surface area contributed by atoms with Crippen molar-refractivity contribution in [3.8, 4) is 23.1 Å². The number of hydrogen-bond acceptors (Lipinski definition) is 6. The Morgan fingerprint density at radius 2 is 1.88 bits per heavy atom. The molecular weight excluding hydrogens is 435 g/mol. The molecule has 1 unspecified atom stereocenters. The minimum absolute atomic E-state index is 0.0385. The van der Waals surface area contributed by atoms with Crippen molar-refractivity contribution in [3.05, 3.63) is 47.7 Å². The number of aromatic nitrogens is 1. The molecule has 0 bridgehead atoms. The van der Waals surface area contributed by atoms with E-state index in [1.807, 2.05) is 13.8 Å². The Labute approximate surface area is 190 Å².